The minimum Gasteiger partial charge on any atom is -0.321 e. The molecule has 1 unspecified atom stereocenters. The minimum atomic E-state index is -0.434. The Bertz CT molecular complexity index is 538. The molecule has 1 atom stereocenters. The lowest BCUT2D eigenvalue weighted by Gasteiger charge is -2.29. The molecule has 0 heterocycles. The smallest absolute Gasteiger partial charge is 0.123 e. The molecule has 0 spiro atoms. The van der Waals surface area contributed by atoms with Crippen molar-refractivity contribution in [2.75, 3.05) is 0 Å². The summed E-state index contributed by atoms with van der Waals surface area (Å²) < 4.78 is 13.4. The van der Waals surface area contributed by atoms with Crippen molar-refractivity contribution >= 4 is 0 Å². The molecule has 2 N–H and O–H groups in total. The van der Waals surface area contributed by atoms with Gasteiger partial charge in [-0.2, -0.15) is 0 Å². The zero-order valence-electron chi connectivity index (χ0n) is 12.0. The Morgan fingerprint density at radius 3 is 2.45 bits per heavy atom. The molecular weight excluding hydrogens is 249 g/mol. The lowest BCUT2D eigenvalue weighted by molar-refractivity contribution is 0.380. The highest BCUT2D eigenvalue weighted by Gasteiger charge is 2.24. The second kappa shape index (κ2) is 6.67. The fraction of sp³-hybridized carbons (Fsp3) is 0.333. The van der Waals surface area contributed by atoms with Crippen LogP contribution in [0, 0.1) is 5.82 Å². The van der Waals surface area contributed by atoms with Crippen LogP contribution in [0.25, 0.3) is 0 Å². The Hall–Kier alpha value is -1.67. The molecule has 0 fully saturated rings. The summed E-state index contributed by atoms with van der Waals surface area (Å²) >= 11 is 0. The summed E-state index contributed by atoms with van der Waals surface area (Å²) in [7, 11) is 0. The Morgan fingerprint density at radius 2 is 1.80 bits per heavy atom. The van der Waals surface area contributed by atoms with Gasteiger partial charge in [0.05, 0.1) is 0 Å². The van der Waals surface area contributed by atoms with Crippen LogP contribution in [-0.4, -0.2) is 0 Å². The first-order chi connectivity index (χ1) is 9.64. The van der Waals surface area contributed by atoms with Gasteiger partial charge in [-0.3, -0.25) is 0 Å². The predicted octanol–water partition coefficient (Wildman–Crippen LogP) is 4.41. The van der Waals surface area contributed by atoms with E-state index in [4.69, 9.17) is 5.73 Å². The zero-order chi connectivity index (χ0) is 14.4. The summed E-state index contributed by atoms with van der Waals surface area (Å²) in [6.45, 7) is 2.06. The molecule has 20 heavy (non-hydrogen) atoms. The van der Waals surface area contributed by atoms with Gasteiger partial charge in [0.15, 0.2) is 0 Å². The fourth-order valence-corrected chi connectivity index (χ4v) is 2.58. The van der Waals surface area contributed by atoms with Gasteiger partial charge in [-0.1, -0.05) is 49.4 Å². The molecular formula is C18H22FN. The van der Waals surface area contributed by atoms with Gasteiger partial charge in [0, 0.05) is 5.54 Å². The molecule has 106 valence electrons. The molecule has 0 aliphatic heterocycles. The van der Waals surface area contributed by atoms with Crippen LogP contribution in [0.4, 0.5) is 4.39 Å². The molecule has 0 bridgehead atoms. The van der Waals surface area contributed by atoms with E-state index in [1.807, 2.05) is 12.1 Å². The molecule has 0 saturated heterocycles. The number of hydrogen-bond acceptors (Lipinski definition) is 1. The molecule has 0 aliphatic rings. The van der Waals surface area contributed by atoms with E-state index in [2.05, 4.69) is 31.2 Å². The highest BCUT2D eigenvalue weighted by Crippen LogP contribution is 2.28. The highest BCUT2D eigenvalue weighted by atomic mass is 19.1. The summed E-state index contributed by atoms with van der Waals surface area (Å²) in [5, 5.41) is 0. The van der Waals surface area contributed by atoms with E-state index in [9.17, 15) is 4.39 Å². The Labute approximate surface area is 120 Å². The van der Waals surface area contributed by atoms with Crippen molar-refractivity contribution in [2.45, 2.75) is 38.1 Å². The maximum absolute atomic E-state index is 13.4. The lowest BCUT2D eigenvalue weighted by Crippen LogP contribution is -2.36. The summed E-state index contributed by atoms with van der Waals surface area (Å²) in [5.41, 5.74) is 8.27. The van der Waals surface area contributed by atoms with Crippen LogP contribution in [0.5, 0.6) is 0 Å². The second-order valence-corrected chi connectivity index (χ2v) is 5.36. The SMILES string of the molecule is CCC(N)(CCCc1ccccc1)c1cccc(F)c1. The van der Waals surface area contributed by atoms with Gasteiger partial charge in [-0.15, -0.1) is 0 Å². The number of hydrogen-bond donors (Lipinski definition) is 1. The van der Waals surface area contributed by atoms with E-state index < -0.39 is 5.54 Å². The molecule has 0 aliphatic carbocycles. The third-order valence-corrected chi connectivity index (χ3v) is 3.96. The van der Waals surface area contributed by atoms with E-state index in [0.29, 0.717) is 0 Å². The first kappa shape index (κ1) is 14.7. The number of halogens is 1. The Morgan fingerprint density at radius 1 is 1.05 bits per heavy atom. The number of benzene rings is 2. The summed E-state index contributed by atoms with van der Waals surface area (Å²) in [6, 6.07) is 17.1. The van der Waals surface area contributed by atoms with Gasteiger partial charge in [0.25, 0.3) is 0 Å². The van der Waals surface area contributed by atoms with Crippen molar-refractivity contribution < 1.29 is 4.39 Å². The van der Waals surface area contributed by atoms with Crippen LogP contribution in [0.1, 0.15) is 37.3 Å². The van der Waals surface area contributed by atoms with Gasteiger partial charge in [0.2, 0.25) is 0 Å². The first-order valence-corrected chi connectivity index (χ1v) is 7.23. The van der Waals surface area contributed by atoms with E-state index in [0.717, 1.165) is 31.2 Å². The molecule has 0 saturated carbocycles. The molecule has 2 heteroatoms. The Balaban J connectivity index is 2.01. The molecule has 0 aromatic heterocycles. The molecule has 2 rings (SSSR count). The van der Waals surface area contributed by atoms with Crippen molar-refractivity contribution in [1.29, 1.82) is 0 Å². The highest BCUT2D eigenvalue weighted by molar-refractivity contribution is 5.25. The third-order valence-electron chi connectivity index (χ3n) is 3.96. The van der Waals surface area contributed by atoms with E-state index in [1.54, 1.807) is 12.1 Å². The largest absolute Gasteiger partial charge is 0.321 e. The monoisotopic (exact) mass is 271 g/mol. The lowest BCUT2D eigenvalue weighted by atomic mass is 9.83. The standard InChI is InChI=1S/C18H22FN/c1-2-18(20,16-11-6-12-17(19)14-16)13-7-10-15-8-4-3-5-9-15/h3-6,8-9,11-12,14H,2,7,10,13,20H2,1H3. The van der Waals surface area contributed by atoms with Gasteiger partial charge >= 0.3 is 0 Å². The average molecular weight is 271 g/mol. The summed E-state index contributed by atoms with van der Waals surface area (Å²) in [4.78, 5) is 0. The third kappa shape index (κ3) is 3.67. The zero-order valence-corrected chi connectivity index (χ0v) is 12.0. The van der Waals surface area contributed by atoms with Crippen molar-refractivity contribution in [3.63, 3.8) is 0 Å². The van der Waals surface area contributed by atoms with Crippen molar-refractivity contribution in [3.8, 4) is 0 Å². The van der Waals surface area contributed by atoms with Gasteiger partial charge in [-0.05, 0) is 48.9 Å². The number of rotatable bonds is 6. The van der Waals surface area contributed by atoms with Crippen molar-refractivity contribution in [2.24, 2.45) is 5.73 Å². The quantitative estimate of drug-likeness (QED) is 0.827. The number of nitrogens with two attached hydrogens (primary N) is 1. The van der Waals surface area contributed by atoms with E-state index in [1.165, 1.54) is 11.6 Å². The van der Waals surface area contributed by atoms with Gasteiger partial charge in [-0.25, -0.2) is 4.39 Å². The van der Waals surface area contributed by atoms with Gasteiger partial charge in [0.1, 0.15) is 5.82 Å². The molecule has 2 aromatic carbocycles. The Kier molecular flexibility index (Phi) is 4.91. The van der Waals surface area contributed by atoms with Crippen LogP contribution in [0.3, 0.4) is 0 Å². The molecule has 1 nitrogen and oxygen atoms in total. The maximum Gasteiger partial charge on any atom is 0.123 e. The maximum atomic E-state index is 13.4. The van der Waals surface area contributed by atoms with Crippen LogP contribution in [0.15, 0.2) is 54.6 Å². The average Bonchev–Trinajstić information content (AvgIpc) is 2.48. The van der Waals surface area contributed by atoms with Crippen LogP contribution < -0.4 is 5.73 Å². The summed E-state index contributed by atoms with van der Waals surface area (Å²) in [5.74, 6) is -0.214. The van der Waals surface area contributed by atoms with Gasteiger partial charge < -0.3 is 5.73 Å². The van der Waals surface area contributed by atoms with Crippen molar-refractivity contribution in [1.82, 2.24) is 0 Å². The number of aryl methyl sites for hydroxylation is 1. The second-order valence-electron chi connectivity index (χ2n) is 5.36. The first-order valence-electron chi connectivity index (χ1n) is 7.23. The van der Waals surface area contributed by atoms with Crippen LogP contribution in [-0.2, 0) is 12.0 Å². The topological polar surface area (TPSA) is 26.0 Å². The predicted molar refractivity (Wildman–Crippen MR) is 81.9 cm³/mol. The fourth-order valence-electron chi connectivity index (χ4n) is 2.58. The molecule has 0 radical (unpaired) electrons. The normalized spacial score (nSPS) is 13.9. The van der Waals surface area contributed by atoms with Crippen LogP contribution in [0.2, 0.25) is 0 Å². The van der Waals surface area contributed by atoms with Crippen LogP contribution >= 0.6 is 0 Å². The minimum absolute atomic E-state index is 0.214. The molecule has 0 amide bonds. The molecule has 2 aromatic rings. The van der Waals surface area contributed by atoms with E-state index >= 15 is 0 Å². The summed E-state index contributed by atoms with van der Waals surface area (Å²) in [6.07, 6.45) is 3.69. The van der Waals surface area contributed by atoms with E-state index in [-0.39, 0.29) is 5.82 Å². The van der Waals surface area contributed by atoms with Crippen molar-refractivity contribution in [3.05, 3.63) is 71.5 Å².